The summed E-state index contributed by atoms with van der Waals surface area (Å²) in [5, 5.41) is 0. The van der Waals surface area contributed by atoms with Crippen LogP contribution in [0.4, 0.5) is 0 Å². The number of methoxy groups -OCH3 is 1. The molecule has 0 saturated heterocycles. The first-order valence-corrected chi connectivity index (χ1v) is 6.67. The van der Waals surface area contributed by atoms with E-state index in [2.05, 4.69) is 32.2 Å². The highest BCUT2D eigenvalue weighted by molar-refractivity contribution is 6.33. The summed E-state index contributed by atoms with van der Waals surface area (Å²) in [4.78, 5) is 2.39. The van der Waals surface area contributed by atoms with Gasteiger partial charge in [-0.25, -0.2) is 0 Å². The van der Waals surface area contributed by atoms with E-state index in [1.54, 1.807) is 7.11 Å². The molecule has 0 fully saturated rings. The van der Waals surface area contributed by atoms with Crippen molar-refractivity contribution in [3.63, 3.8) is 0 Å². The van der Waals surface area contributed by atoms with Crippen LogP contribution in [0.3, 0.4) is 0 Å². The van der Waals surface area contributed by atoms with E-state index in [1.165, 1.54) is 6.17 Å². The summed E-state index contributed by atoms with van der Waals surface area (Å²) >= 11 is 0. The molecule has 0 aromatic heterocycles. The lowest BCUT2D eigenvalue weighted by Crippen LogP contribution is -2.44. The summed E-state index contributed by atoms with van der Waals surface area (Å²) in [5.74, 6) is 0. The molecule has 68 valence electrons. The summed E-state index contributed by atoms with van der Waals surface area (Å²) in [6, 6.07) is 0. The van der Waals surface area contributed by atoms with Crippen LogP contribution < -0.4 is 0 Å². The second kappa shape index (κ2) is 4.90. The molecule has 0 saturated carbocycles. The summed E-state index contributed by atoms with van der Waals surface area (Å²) in [6.45, 7) is 9.79. The van der Waals surface area contributed by atoms with E-state index in [1.807, 2.05) is 0 Å². The van der Waals surface area contributed by atoms with Gasteiger partial charge in [-0.15, -0.1) is 0 Å². The van der Waals surface area contributed by atoms with Crippen molar-refractivity contribution in [2.45, 2.75) is 32.9 Å². The Morgan fingerprint density at radius 3 is 2.18 bits per heavy atom. The Kier molecular flexibility index (Phi) is 4.96. The molecule has 0 amide bonds. The molecule has 0 N–H and O–H groups in total. The van der Waals surface area contributed by atoms with Crippen molar-refractivity contribution in [1.82, 2.24) is 4.90 Å². The van der Waals surface area contributed by atoms with E-state index in [4.69, 9.17) is 4.74 Å². The molecule has 0 unspecified atom stereocenters. The van der Waals surface area contributed by atoms with Crippen molar-refractivity contribution >= 4 is 9.52 Å². The van der Waals surface area contributed by atoms with E-state index < -0.39 is 0 Å². The maximum Gasteiger partial charge on any atom is 0.0987 e. The van der Waals surface area contributed by atoms with Crippen molar-refractivity contribution in [1.29, 1.82) is 0 Å². The average molecular weight is 175 g/mol. The molecule has 0 rings (SSSR count). The summed E-state index contributed by atoms with van der Waals surface area (Å²) in [7, 11) is 1.87. The molecular weight excluding hydrogens is 154 g/mol. The van der Waals surface area contributed by atoms with Gasteiger partial charge in [-0.3, -0.25) is 4.90 Å². The van der Waals surface area contributed by atoms with Crippen LogP contribution in [0, 0.1) is 0 Å². The molecule has 0 aromatic rings. The van der Waals surface area contributed by atoms with Crippen LogP contribution in [0.15, 0.2) is 0 Å². The predicted molar refractivity (Wildman–Crippen MR) is 52.7 cm³/mol. The van der Waals surface area contributed by atoms with Crippen molar-refractivity contribution in [2.75, 3.05) is 20.0 Å². The molecule has 0 atom stereocenters. The summed E-state index contributed by atoms with van der Waals surface area (Å²) < 4.78 is 5.13. The molecular formula is C8H21NOSi. The molecule has 2 nitrogen and oxygen atoms in total. The number of ether oxygens (including phenoxy) is 1. The van der Waals surface area contributed by atoms with Gasteiger partial charge in [0.15, 0.2) is 0 Å². The fourth-order valence-electron chi connectivity index (χ4n) is 1.02. The molecule has 0 radical (unpaired) electrons. The maximum atomic E-state index is 5.13. The lowest BCUT2D eigenvalue weighted by Gasteiger charge is -2.34. The van der Waals surface area contributed by atoms with Gasteiger partial charge in [0.1, 0.15) is 0 Å². The molecule has 0 heterocycles. The van der Waals surface area contributed by atoms with Gasteiger partial charge in [0, 0.05) is 22.2 Å². The van der Waals surface area contributed by atoms with E-state index >= 15 is 0 Å². The van der Waals surface area contributed by atoms with Crippen LogP contribution in [0.2, 0.25) is 6.55 Å². The van der Waals surface area contributed by atoms with Crippen LogP contribution >= 0.6 is 0 Å². The Bertz CT molecular complexity index is 94.8. The van der Waals surface area contributed by atoms with Crippen LogP contribution in [0.5, 0.6) is 0 Å². The van der Waals surface area contributed by atoms with Gasteiger partial charge in [-0.05, 0) is 26.9 Å². The summed E-state index contributed by atoms with van der Waals surface area (Å²) in [5.41, 5.74) is 0.263. The molecule has 0 aliphatic heterocycles. The largest absolute Gasteiger partial charge is 0.369 e. The third-order valence-corrected chi connectivity index (χ3v) is 2.71. The summed E-state index contributed by atoms with van der Waals surface area (Å²) in [6.07, 6.45) is 1.25. The maximum absolute atomic E-state index is 5.13. The number of rotatable bonds is 4. The first kappa shape index (κ1) is 11.1. The van der Waals surface area contributed by atoms with Gasteiger partial charge in [-0.2, -0.15) is 0 Å². The monoisotopic (exact) mass is 175 g/mol. The lowest BCUT2D eigenvalue weighted by molar-refractivity contribution is 0.0193. The van der Waals surface area contributed by atoms with Gasteiger partial charge in [0.25, 0.3) is 0 Å². The van der Waals surface area contributed by atoms with Crippen LogP contribution in [0.25, 0.3) is 0 Å². The van der Waals surface area contributed by atoms with Crippen LogP contribution in [-0.4, -0.2) is 40.0 Å². The Morgan fingerprint density at radius 2 is 1.91 bits per heavy atom. The third-order valence-electron chi connectivity index (χ3n) is 1.73. The highest BCUT2D eigenvalue weighted by Crippen LogP contribution is 2.11. The Hall–Kier alpha value is 0.137. The van der Waals surface area contributed by atoms with Crippen LogP contribution in [0.1, 0.15) is 20.8 Å². The third kappa shape index (κ3) is 4.56. The Labute approximate surface area is 72.7 Å². The smallest absolute Gasteiger partial charge is 0.0987 e. The molecule has 0 spiro atoms. The Balaban J connectivity index is 3.88. The van der Waals surface area contributed by atoms with Crippen molar-refractivity contribution in [3.05, 3.63) is 0 Å². The quantitative estimate of drug-likeness (QED) is 0.464. The van der Waals surface area contributed by atoms with Crippen molar-refractivity contribution in [3.8, 4) is 0 Å². The van der Waals surface area contributed by atoms with E-state index in [0.29, 0.717) is 0 Å². The van der Waals surface area contributed by atoms with Gasteiger partial charge in [-0.1, -0.05) is 6.55 Å². The van der Waals surface area contributed by atoms with E-state index in [-0.39, 0.29) is 15.1 Å². The standard InChI is InChI=1S/C8H21NOSi/c1-8(2,3)9(6-10-4)7-11-5/h6-7,11H2,1-5H3. The number of nitrogens with zero attached hydrogens (tertiary/aromatic N) is 1. The minimum Gasteiger partial charge on any atom is -0.369 e. The molecule has 0 aliphatic rings. The van der Waals surface area contributed by atoms with E-state index in [9.17, 15) is 0 Å². The van der Waals surface area contributed by atoms with Crippen molar-refractivity contribution < 1.29 is 4.74 Å². The normalized spacial score (nSPS) is 13.6. The first-order chi connectivity index (χ1) is 5.02. The highest BCUT2D eigenvalue weighted by Gasteiger charge is 2.19. The molecule has 3 heteroatoms. The van der Waals surface area contributed by atoms with Crippen molar-refractivity contribution in [2.24, 2.45) is 0 Å². The zero-order valence-corrected chi connectivity index (χ0v) is 9.89. The number of hydrogen-bond donors (Lipinski definition) is 0. The molecule has 11 heavy (non-hydrogen) atoms. The van der Waals surface area contributed by atoms with Gasteiger partial charge in [0.05, 0.1) is 6.73 Å². The predicted octanol–water partition coefficient (Wildman–Crippen LogP) is 0.865. The van der Waals surface area contributed by atoms with Gasteiger partial charge >= 0.3 is 0 Å². The minimum atomic E-state index is 0.112. The zero-order chi connectivity index (χ0) is 8.91. The fourth-order valence-corrected chi connectivity index (χ4v) is 2.36. The van der Waals surface area contributed by atoms with E-state index in [0.717, 1.165) is 6.73 Å². The van der Waals surface area contributed by atoms with Crippen LogP contribution in [-0.2, 0) is 4.74 Å². The zero-order valence-electron chi connectivity index (χ0n) is 8.48. The second-order valence-corrected chi connectivity index (χ2v) is 5.30. The molecule has 0 aliphatic carbocycles. The SMILES string of the molecule is COCN(C[SiH2]C)C(C)(C)C. The minimum absolute atomic E-state index is 0.112. The van der Waals surface area contributed by atoms with Gasteiger partial charge < -0.3 is 4.74 Å². The number of hydrogen-bond acceptors (Lipinski definition) is 2. The highest BCUT2D eigenvalue weighted by atomic mass is 28.2. The fraction of sp³-hybridized carbons (Fsp3) is 1.00. The first-order valence-electron chi connectivity index (χ1n) is 4.26. The average Bonchev–Trinajstić information content (AvgIpc) is 1.85. The Morgan fingerprint density at radius 1 is 1.36 bits per heavy atom. The topological polar surface area (TPSA) is 12.5 Å². The molecule has 0 aromatic carbocycles. The second-order valence-electron chi connectivity index (χ2n) is 3.85. The van der Waals surface area contributed by atoms with Gasteiger partial charge in [0.2, 0.25) is 0 Å². The molecule has 0 bridgehead atoms. The lowest BCUT2D eigenvalue weighted by atomic mass is 10.1.